The fraction of sp³-hybridized carbons (Fsp3) is 0.304. The molecular formula is C23H26N4O4. The Bertz CT molecular complexity index is 1030. The lowest BCUT2D eigenvalue weighted by Crippen LogP contribution is -2.39. The van der Waals surface area contributed by atoms with Crippen LogP contribution in [0.1, 0.15) is 54.3 Å². The number of hydrogen-bond donors (Lipinski definition) is 2. The van der Waals surface area contributed by atoms with Crippen LogP contribution in [-0.2, 0) is 11.3 Å². The van der Waals surface area contributed by atoms with E-state index in [0.717, 1.165) is 16.7 Å². The van der Waals surface area contributed by atoms with Gasteiger partial charge in [0, 0.05) is 18.2 Å². The summed E-state index contributed by atoms with van der Waals surface area (Å²) in [4.78, 5) is 24.1. The highest BCUT2D eigenvalue weighted by Gasteiger charge is 2.20. The van der Waals surface area contributed by atoms with E-state index in [1.165, 1.54) is 0 Å². The zero-order chi connectivity index (χ0) is 22.4. The van der Waals surface area contributed by atoms with Crippen LogP contribution in [-0.4, -0.2) is 28.2 Å². The third-order valence-corrected chi connectivity index (χ3v) is 4.43. The van der Waals surface area contributed by atoms with Gasteiger partial charge in [0.15, 0.2) is 6.10 Å². The van der Waals surface area contributed by atoms with E-state index in [1.54, 1.807) is 31.2 Å². The monoisotopic (exact) mass is 422 g/mol. The maximum absolute atomic E-state index is 12.4. The molecule has 2 aromatic carbocycles. The number of ether oxygens (including phenoxy) is 1. The van der Waals surface area contributed by atoms with Crippen molar-refractivity contribution in [1.82, 2.24) is 20.8 Å². The second kappa shape index (κ2) is 9.88. The number of nitrogens with zero attached hydrogens (tertiary/aromatic N) is 2. The minimum absolute atomic E-state index is 0.0611. The van der Waals surface area contributed by atoms with E-state index in [-0.39, 0.29) is 18.0 Å². The van der Waals surface area contributed by atoms with Crippen LogP contribution < -0.4 is 10.6 Å². The van der Waals surface area contributed by atoms with E-state index in [4.69, 9.17) is 9.15 Å². The molecule has 3 rings (SSSR count). The Kier molecular flexibility index (Phi) is 7.02. The Hall–Kier alpha value is -3.68. The molecule has 8 heteroatoms. The van der Waals surface area contributed by atoms with Crippen molar-refractivity contribution in [3.8, 4) is 11.5 Å². The highest BCUT2D eigenvalue weighted by Crippen LogP contribution is 2.23. The van der Waals surface area contributed by atoms with Crippen LogP contribution in [0.25, 0.3) is 11.5 Å². The van der Waals surface area contributed by atoms with Crippen LogP contribution in [0.2, 0.25) is 0 Å². The van der Waals surface area contributed by atoms with E-state index >= 15 is 0 Å². The molecule has 1 atom stereocenters. The maximum atomic E-state index is 12.4. The first kappa shape index (κ1) is 22.0. The van der Waals surface area contributed by atoms with Crippen molar-refractivity contribution >= 4 is 12.0 Å². The Labute approximate surface area is 181 Å². The van der Waals surface area contributed by atoms with Crippen molar-refractivity contribution in [2.24, 2.45) is 0 Å². The van der Waals surface area contributed by atoms with Crippen molar-refractivity contribution in [1.29, 1.82) is 0 Å². The van der Waals surface area contributed by atoms with E-state index in [2.05, 4.69) is 20.8 Å². The first-order chi connectivity index (χ1) is 14.8. The van der Waals surface area contributed by atoms with Crippen LogP contribution in [0.3, 0.4) is 0 Å². The number of rotatable bonds is 7. The van der Waals surface area contributed by atoms with Gasteiger partial charge in [-0.05, 0) is 57.5 Å². The quantitative estimate of drug-likeness (QED) is 0.554. The van der Waals surface area contributed by atoms with Gasteiger partial charge in [0.2, 0.25) is 5.89 Å². The van der Waals surface area contributed by atoms with Crippen molar-refractivity contribution in [2.45, 2.75) is 46.4 Å². The van der Waals surface area contributed by atoms with Crippen LogP contribution in [0, 0.1) is 6.92 Å². The molecule has 0 spiro atoms. The van der Waals surface area contributed by atoms with Crippen molar-refractivity contribution in [3.05, 3.63) is 71.1 Å². The normalized spacial score (nSPS) is 11.8. The minimum atomic E-state index is -0.694. The Morgan fingerprint density at radius 2 is 1.68 bits per heavy atom. The summed E-state index contributed by atoms with van der Waals surface area (Å²) in [7, 11) is 0. The SMILES string of the molecule is Cc1ccc(-c2nnc([C@H](C)OC(=O)c3ccc(CNC(=O)NC(C)C)cc3)o2)cc1. The third kappa shape index (κ3) is 6.15. The first-order valence-electron chi connectivity index (χ1n) is 10.1. The average Bonchev–Trinajstić information content (AvgIpc) is 3.23. The number of nitrogens with one attached hydrogen (secondary N) is 2. The standard InChI is InChI=1S/C23H26N4O4/c1-14(2)25-23(29)24-13-17-7-11-19(12-8-17)22(28)30-16(4)20-26-27-21(31-20)18-9-5-15(3)6-10-18/h5-12,14,16H,13H2,1-4H3,(H2,24,25,29)/t16-/m0/s1. The lowest BCUT2D eigenvalue weighted by molar-refractivity contribution is 0.0280. The van der Waals surface area contributed by atoms with Crippen molar-refractivity contribution in [2.75, 3.05) is 0 Å². The molecule has 0 saturated heterocycles. The second-order valence-corrected chi connectivity index (χ2v) is 7.54. The number of aryl methyl sites for hydroxylation is 1. The summed E-state index contributed by atoms with van der Waals surface area (Å²) in [6, 6.07) is 14.4. The topological polar surface area (TPSA) is 106 Å². The van der Waals surface area contributed by atoms with Gasteiger partial charge in [-0.2, -0.15) is 0 Å². The van der Waals surface area contributed by atoms with E-state index in [9.17, 15) is 9.59 Å². The summed E-state index contributed by atoms with van der Waals surface area (Å²) < 4.78 is 11.1. The van der Waals surface area contributed by atoms with Crippen molar-refractivity contribution < 1.29 is 18.7 Å². The number of carbonyl (C=O) groups excluding carboxylic acids is 2. The van der Waals surface area contributed by atoms with E-state index in [1.807, 2.05) is 45.0 Å². The maximum Gasteiger partial charge on any atom is 0.338 e. The number of amides is 2. The van der Waals surface area contributed by atoms with Gasteiger partial charge in [0.05, 0.1) is 5.56 Å². The van der Waals surface area contributed by atoms with Gasteiger partial charge in [-0.3, -0.25) is 0 Å². The molecular weight excluding hydrogens is 396 g/mol. The molecule has 0 saturated carbocycles. The smallest absolute Gasteiger partial charge is 0.338 e. The molecule has 1 heterocycles. The highest BCUT2D eigenvalue weighted by atomic mass is 16.6. The fourth-order valence-electron chi connectivity index (χ4n) is 2.74. The molecule has 1 aromatic heterocycles. The van der Waals surface area contributed by atoms with Gasteiger partial charge < -0.3 is 19.8 Å². The van der Waals surface area contributed by atoms with Gasteiger partial charge in [-0.25, -0.2) is 9.59 Å². The second-order valence-electron chi connectivity index (χ2n) is 7.54. The summed E-state index contributed by atoms with van der Waals surface area (Å²) in [6.45, 7) is 7.80. The third-order valence-electron chi connectivity index (χ3n) is 4.43. The number of benzene rings is 2. The summed E-state index contributed by atoms with van der Waals surface area (Å²) in [5.74, 6) is 0.0943. The Balaban J connectivity index is 1.56. The largest absolute Gasteiger partial charge is 0.449 e. The van der Waals surface area contributed by atoms with Gasteiger partial charge in [0.1, 0.15) is 0 Å². The predicted molar refractivity (Wildman–Crippen MR) is 115 cm³/mol. The van der Waals surface area contributed by atoms with Crippen LogP contribution in [0.4, 0.5) is 4.79 Å². The molecule has 0 aliphatic heterocycles. The molecule has 8 nitrogen and oxygen atoms in total. The number of urea groups is 1. The zero-order valence-corrected chi connectivity index (χ0v) is 18.0. The zero-order valence-electron chi connectivity index (χ0n) is 18.0. The number of aromatic nitrogens is 2. The van der Waals surface area contributed by atoms with Crippen LogP contribution >= 0.6 is 0 Å². The molecule has 3 aromatic rings. The molecule has 0 aliphatic rings. The fourth-order valence-corrected chi connectivity index (χ4v) is 2.74. The van der Waals surface area contributed by atoms with Crippen LogP contribution in [0.15, 0.2) is 52.9 Å². The summed E-state index contributed by atoms with van der Waals surface area (Å²) >= 11 is 0. The van der Waals surface area contributed by atoms with E-state index < -0.39 is 12.1 Å². The average molecular weight is 422 g/mol. The molecule has 0 unspecified atom stereocenters. The number of hydrogen-bond acceptors (Lipinski definition) is 6. The molecule has 162 valence electrons. The van der Waals surface area contributed by atoms with Crippen molar-refractivity contribution in [3.63, 3.8) is 0 Å². The van der Waals surface area contributed by atoms with Gasteiger partial charge in [-0.1, -0.05) is 29.8 Å². The predicted octanol–water partition coefficient (Wildman–Crippen LogP) is 4.17. The summed E-state index contributed by atoms with van der Waals surface area (Å²) in [6.07, 6.45) is -0.694. The van der Waals surface area contributed by atoms with Gasteiger partial charge in [0.25, 0.3) is 5.89 Å². The summed E-state index contributed by atoms with van der Waals surface area (Å²) in [5.41, 5.74) is 3.18. The first-order valence-corrected chi connectivity index (χ1v) is 10.1. The van der Waals surface area contributed by atoms with Gasteiger partial charge >= 0.3 is 12.0 Å². The van der Waals surface area contributed by atoms with Gasteiger partial charge in [-0.15, -0.1) is 10.2 Å². The lowest BCUT2D eigenvalue weighted by atomic mass is 10.1. The molecule has 31 heavy (non-hydrogen) atoms. The molecule has 0 radical (unpaired) electrons. The molecule has 2 N–H and O–H groups in total. The number of carbonyl (C=O) groups is 2. The number of esters is 1. The molecule has 0 aliphatic carbocycles. The summed E-state index contributed by atoms with van der Waals surface area (Å²) in [5, 5.41) is 13.5. The molecule has 0 bridgehead atoms. The minimum Gasteiger partial charge on any atom is -0.449 e. The molecule has 0 fully saturated rings. The highest BCUT2D eigenvalue weighted by molar-refractivity contribution is 5.89. The van der Waals surface area contributed by atoms with E-state index in [0.29, 0.717) is 18.0 Å². The Morgan fingerprint density at radius 1 is 1.00 bits per heavy atom. The molecule has 2 amide bonds. The lowest BCUT2D eigenvalue weighted by Gasteiger charge is -2.11. The Morgan fingerprint density at radius 3 is 2.32 bits per heavy atom. The van der Waals surface area contributed by atoms with Crippen LogP contribution in [0.5, 0.6) is 0 Å².